The van der Waals surface area contributed by atoms with E-state index in [-0.39, 0.29) is 17.6 Å². The van der Waals surface area contributed by atoms with E-state index in [4.69, 9.17) is 4.42 Å². The fourth-order valence-corrected chi connectivity index (χ4v) is 3.98. The first-order chi connectivity index (χ1) is 15.7. The summed E-state index contributed by atoms with van der Waals surface area (Å²) in [5, 5.41) is 1.35. The van der Waals surface area contributed by atoms with Crippen LogP contribution in [0.4, 0.5) is 4.39 Å². The van der Waals surface area contributed by atoms with Gasteiger partial charge in [0, 0.05) is 44.5 Å². The average molecular weight is 450 g/mol. The molecule has 1 N–H and O–H groups in total. The van der Waals surface area contributed by atoms with E-state index in [1.807, 2.05) is 18.2 Å². The third-order valence-electron chi connectivity index (χ3n) is 5.76. The highest BCUT2D eigenvalue weighted by Gasteiger charge is 2.15. The van der Waals surface area contributed by atoms with Crippen molar-refractivity contribution in [1.82, 2.24) is 14.8 Å². The molecular weight excluding hydrogens is 421 g/mol. The SMILES string of the molecule is CN(C)C(=O)c1cc2c(F)cc(CCCCc3ccc4oc(C(=O)N(C)C)cc4c3)cc2[nH]1. The predicted molar refractivity (Wildman–Crippen MR) is 127 cm³/mol. The molecule has 0 atom stereocenters. The van der Waals surface area contributed by atoms with Crippen molar-refractivity contribution in [3.05, 3.63) is 70.9 Å². The normalized spacial score (nSPS) is 11.3. The van der Waals surface area contributed by atoms with Crippen LogP contribution in [0.15, 0.2) is 46.9 Å². The summed E-state index contributed by atoms with van der Waals surface area (Å²) in [4.78, 5) is 30.2. The number of hydrogen-bond donors (Lipinski definition) is 1. The number of rotatable bonds is 7. The largest absolute Gasteiger partial charge is 0.451 e. The summed E-state index contributed by atoms with van der Waals surface area (Å²) in [6, 6.07) is 12.8. The van der Waals surface area contributed by atoms with E-state index in [2.05, 4.69) is 11.1 Å². The minimum absolute atomic E-state index is 0.155. The topological polar surface area (TPSA) is 69.6 Å². The molecule has 0 fully saturated rings. The summed E-state index contributed by atoms with van der Waals surface area (Å²) in [5.74, 6) is -0.313. The number of aromatic amines is 1. The lowest BCUT2D eigenvalue weighted by Gasteiger charge is -2.07. The van der Waals surface area contributed by atoms with E-state index in [1.165, 1.54) is 15.4 Å². The summed E-state index contributed by atoms with van der Waals surface area (Å²) in [6.45, 7) is 0. The van der Waals surface area contributed by atoms with Crippen LogP contribution >= 0.6 is 0 Å². The molecule has 2 aromatic heterocycles. The molecule has 0 bridgehead atoms. The fourth-order valence-electron chi connectivity index (χ4n) is 3.98. The number of nitrogens with zero attached hydrogens (tertiary/aromatic N) is 2. The number of benzene rings is 2. The molecule has 33 heavy (non-hydrogen) atoms. The third kappa shape index (κ3) is 4.77. The quantitative estimate of drug-likeness (QED) is 0.403. The maximum Gasteiger partial charge on any atom is 0.289 e. The maximum atomic E-state index is 14.6. The summed E-state index contributed by atoms with van der Waals surface area (Å²) in [6.07, 6.45) is 3.48. The van der Waals surface area contributed by atoms with Gasteiger partial charge in [-0.2, -0.15) is 0 Å². The lowest BCUT2D eigenvalue weighted by molar-refractivity contribution is 0.0797. The Hall–Kier alpha value is -3.61. The number of fused-ring (bicyclic) bond motifs is 2. The van der Waals surface area contributed by atoms with E-state index < -0.39 is 0 Å². The van der Waals surface area contributed by atoms with Crippen molar-refractivity contribution in [2.75, 3.05) is 28.2 Å². The highest BCUT2D eigenvalue weighted by atomic mass is 19.1. The summed E-state index contributed by atoms with van der Waals surface area (Å²) in [7, 11) is 6.73. The zero-order chi connectivity index (χ0) is 23.7. The van der Waals surface area contributed by atoms with Gasteiger partial charge in [0.1, 0.15) is 17.1 Å². The maximum absolute atomic E-state index is 14.6. The van der Waals surface area contributed by atoms with E-state index in [0.717, 1.165) is 36.6 Å². The van der Waals surface area contributed by atoms with Gasteiger partial charge >= 0.3 is 0 Å². The molecule has 172 valence electrons. The average Bonchev–Trinajstić information content (AvgIpc) is 3.39. The number of carbonyl (C=O) groups is 2. The van der Waals surface area contributed by atoms with Crippen LogP contribution in [0, 0.1) is 5.82 Å². The molecule has 0 spiro atoms. The highest BCUT2D eigenvalue weighted by molar-refractivity contribution is 5.98. The second-order valence-corrected chi connectivity index (χ2v) is 8.81. The van der Waals surface area contributed by atoms with Crippen molar-refractivity contribution < 1.29 is 18.4 Å². The van der Waals surface area contributed by atoms with Crippen LogP contribution in [0.1, 0.15) is 45.0 Å². The Kier molecular flexibility index (Phi) is 6.22. The van der Waals surface area contributed by atoms with Crippen molar-refractivity contribution in [2.24, 2.45) is 0 Å². The van der Waals surface area contributed by atoms with Crippen molar-refractivity contribution in [1.29, 1.82) is 0 Å². The summed E-state index contributed by atoms with van der Waals surface area (Å²) in [5.41, 5.74) is 3.80. The lowest BCUT2D eigenvalue weighted by Crippen LogP contribution is -2.21. The number of unbranched alkanes of at least 4 members (excludes halogenated alkanes) is 1. The van der Waals surface area contributed by atoms with Crippen LogP contribution < -0.4 is 0 Å². The van der Waals surface area contributed by atoms with Crippen LogP contribution in [-0.4, -0.2) is 54.8 Å². The molecule has 2 heterocycles. The van der Waals surface area contributed by atoms with Gasteiger partial charge in [0.05, 0.1) is 0 Å². The number of aryl methyl sites for hydroxylation is 2. The molecule has 2 aromatic carbocycles. The number of furan rings is 1. The van der Waals surface area contributed by atoms with Crippen molar-refractivity contribution >= 4 is 33.7 Å². The lowest BCUT2D eigenvalue weighted by atomic mass is 10.0. The van der Waals surface area contributed by atoms with Gasteiger partial charge in [0.15, 0.2) is 5.76 Å². The van der Waals surface area contributed by atoms with E-state index in [9.17, 15) is 14.0 Å². The van der Waals surface area contributed by atoms with Gasteiger partial charge in [0.25, 0.3) is 11.8 Å². The summed E-state index contributed by atoms with van der Waals surface area (Å²) >= 11 is 0. The number of aromatic nitrogens is 1. The molecule has 0 saturated carbocycles. The Bertz CT molecular complexity index is 1330. The Morgan fingerprint density at radius 1 is 0.879 bits per heavy atom. The zero-order valence-electron chi connectivity index (χ0n) is 19.4. The number of halogens is 1. The monoisotopic (exact) mass is 449 g/mol. The van der Waals surface area contributed by atoms with E-state index in [0.29, 0.717) is 27.9 Å². The number of amides is 2. The first-order valence-corrected chi connectivity index (χ1v) is 11.0. The Morgan fingerprint density at radius 3 is 2.27 bits per heavy atom. The van der Waals surface area contributed by atoms with Gasteiger partial charge in [0.2, 0.25) is 0 Å². The number of H-pyrrole nitrogens is 1. The van der Waals surface area contributed by atoms with Crippen LogP contribution in [-0.2, 0) is 12.8 Å². The fraction of sp³-hybridized carbons (Fsp3) is 0.308. The number of nitrogens with one attached hydrogen (secondary N) is 1. The number of carbonyl (C=O) groups excluding carboxylic acids is 2. The summed E-state index contributed by atoms with van der Waals surface area (Å²) < 4.78 is 20.2. The minimum Gasteiger partial charge on any atom is -0.451 e. The molecule has 7 heteroatoms. The second-order valence-electron chi connectivity index (χ2n) is 8.81. The van der Waals surface area contributed by atoms with Gasteiger partial charge in [-0.25, -0.2) is 4.39 Å². The second kappa shape index (κ2) is 9.10. The molecule has 0 aliphatic rings. The van der Waals surface area contributed by atoms with Crippen molar-refractivity contribution in [2.45, 2.75) is 25.7 Å². The molecule has 0 aliphatic carbocycles. The zero-order valence-corrected chi connectivity index (χ0v) is 19.4. The minimum atomic E-state index is -0.315. The smallest absolute Gasteiger partial charge is 0.289 e. The molecule has 6 nitrogen and oxygen atoms in total. The first-order valence-electron chi connectivity index (χ1n) is 11.0. The molecule has 0 radical (unpaired) electrons. The molecule has 4 rings (SSSR count). The molecule has 2 amide bonds. The third-order valence-corrected chi connectivity index (χ3v) is 5.76. The molecule has 0 unspecified atom stereocenters. The first kappa shape index (κ1) is 22.6. The van der Waals surface area contributed by atoms with Gasteiger partial charge < -0.3 is 19.2 Å². The molecule has 0 aliphatic heterocycles. The molecular formula is C26H28FN3O3. The predicted octanol–water partition coefficient (Wildman–Crippen LogP) is 5.02. The van der Waals surface area contributed by atoms with Gasteiger partial charge in [-0.3, -0.25) is 9.59 Å². The van der Waals surface area contributed by atoms with Crippen LogP contribution in [0.25, 0.3) is 21.9 Å². The van der Waals surface area contributed by atoms with Gasteiger partial charge in [-0.15, -0.1) is 0 Å². The highest BCUT2D eigenvalue weighted by Crippen LogP contribution is 2.24. The number of hydrogen-bond acceptors (Lipinski definition) is 3. The standard InChI is InChI=1S/C26H28FN3O3/c1-29(2)25(31)22-15-19-20(27)12-17(13-21(19)28-22)8-6-5-7-16-9-10-23-18(11-16)14-24(33-23)26(32)30(3)4/h9-15,28H,5-8H2,1-4H3. The molecule has 4 aromatic rings. The Labute approximate surface area is 192 Å². The van der Waals surface area contributed by atoms with Crippen LogP contribution in [0.3, 0.4) is 0 Å². The van der Waals surface area contributed by atoms with E-state index in [1.54, 1.807) is 46.4 Å². The Balaban J connectivity index is 1.38. The molecule has 0 saturated heterocycles. The van der Waals surface area contributed by atoms with Crippen molar-refractivity contribution in [3.8, 4) is 0 Å². The van der Waals surface area contributed by atoms with Gasteiger partial charge in [-0.05, 0) is 73.2 Å². The van der Waals surface area contributed by atoms with Crippen LogP contribution in [0.5, 0.6) is 0 Å². The van der Waals surface area contributed by atoms with E-state index >= 15 is 0 Å². The van der Waals surface area contributed by atoms with Crippen molar-refractivity contribution in [3.63, 3.8) is 0 Å². The van der Waals surface area contributed by atoms with Gasteiger partial charge in [-0.1, -0.05) is 6.07 Å². The van der Waals surface area contributed by atoms with Crippen LogP contribution in [0.2, 0.25) is 0 Å². The Morgan fingerprint density at radius 2 is 1.58 bits per heavy atom.